The van der Waals surface area contributed by atoms with Gasteiger partial charge in [-0.05, 0) is 6.42 Å². The predicted octanol–water partition coefficient (Wildman–Crippen LogP) is 0.932. The Morgan fingerprint density at radius 3 is 2.56 bits per heavy atom. The summed E-state index contributed by atoms with van der Waals surface area (Å²) in [5, 5.41) is 0. The van der Waals surface area contributed by atoms with Crippen LogP contribution in [0.15, 0.2) is 11.6 Å². The Morgan fingerprint density at radius 1 is 1.56 bits per heavy atom. The van der Waals surface area contributed by atoms with Gasteiger partial charge in [-0.25, -0.2) is 9.59 Å². The number of hydrogen-bond donors (Lipinski definition) is 0. The topological polar surface area (TPSA) is 34.1 Å². The summed E-state index contributed by atoms with van der Waals surface area (Å²) in [6, 6.07) is 0. The molecule has 0 N–H and O–H groups in total. The van der Waals surface area contributed by atoms with E-state index >= 15 is 0 Å². The van der Waals surface area contributed by atoms with Gasteiger partial charge in [-0.2, -0.15) is 0 Å². The highest BCUT2D eigenvalue weighted by molar-refractivity contribution is 5.55. The number of carbonyl (C=O) groups excluding carboxylic acids is 2. The van der Waals surface area contributed by atoms with Gasteiger partial charge in [-0.15, -0.1) is 0 Å². The van der Waals surface area contributed by atoms with Crippen LogP contribution in [0.4, 0.5) is 0 Å². The van der Waals surface area contributed by atoms with E-state index in [1.807, 2.05) is 6.92 Å². The van der Waals surface area contributed by atoms with E-state index in [1.165, 1.54) is 6.08 Å². The molecule has 0 saturated heterocycles. The molecule has 0 bridgehead atoms. The zero-order valence-corrected chi connectivity index (χ0v) is 5.31. The largest absolute Gasteiger partial charge is 0.234 e. The van der Waals surface area contributed by atoms with Crippen LogP contribution in [0.5, 0.6) is 0 Å². The van der Waals surface area contributed by atoms with Crippen LogP contribution in [-0.2, 0) is 9.59 Å². The van der Waals surface area contributed by atoms with Crippen LogP contribution in [0.1, 0.15) is 19.8 Å². The lowest BCUT2D eigenvalue weighted by Crippen LogP contribution is -1.77. The second-order valence-corrected chi connectivity index (χ2v) is 1.59. The van der Waals surface area contributed by atoms with E-state index < -0.39 is 0 Å². The van der Waals surface area contributed by atoms with Crippen molar-refractivity contribution in [1.29, 1.82) is 0 Å². The number of hydrogen-bond acceptors (Lipinski definition) is 2. The van der Waals surface area contributed by atoms with E-state index in [-0.39, 0.29) is 0 Å². The van der Waals surface area contributed by atoms with Crippen LogP contribution in [0.3, 0.4) is 0 Å². The molecule has 0 aliphatic carbocycles. The summed E-state index contributed by atoms with van der Waals surface area (Å²) in [5.41, 5.74) is 0.610. The molecule has 0 radical (unpaired) electrons. The average molecular weight is 124 g/mol. The molecule has 0 aliphatic rings. The first-order valence-electron chi connectivity index (χ1n) is 2.77. The Labute approximate surface area is 53.9 Å². The molecular formula is C7H8O2. The maximum atomic E-state index is 9.93. The van der Waals surface area contributed by atoms with Crippen molar-refractivity contribution in [3.8, 4) is 0 Å². The molecule has 0 unspecified atom stereocenters. The molecule has 9 heavy (non-hydrogen) atoms. The lowest BCUT2D eigenvalue weighted by atomic mass is 10.2. The quantitative estimate of drug-likeness (QED) is 0.524. The molecule has 0 aromatic carbocycles. The lowest BCUT2D eigenvalue weighted by Gasteiger charge is -1.86. The number of rotatable bonds is 3. The second kappa shape index (κ2) is 5.04. The first-order valence-corrected chi connectivity index (χ1v) is 2.77. The van der Waals surface area contributed by atoms with E-state index in [9.17, 15) is 9.59 Å². The van der Waals surface area contributed by atoms with Gasteiger partial charge in [0.1, 0.15) is 11.9 Å². The minimum atomic E-state index is 0.392. The van der Waals surface area contributed by atoms with E-state index in [2.05, 4.69) is 0 Å². The van der Waals surface area contributed by atoms with Crippen molar-refractivity contribution in [2.75, 3.05) is 0 Å². The molecule has 0 aliphatic heterocycles. The second-order valence-electron chi connectivity index (χ2n) is 1.59. The average Bonchev–Trinajstić information content (AvgIpc) is 1.91. The predicted molar refractivity (Wildman–Crippen MR) is 34.4 cm³/mol. The standard InChI is InChI=1S/C7H8O2/c1-2-7(6-9)4-3-5-8/h3H,2,4H2,1H3. The molecule has 2 heteroatoms. The van der Waals surface area contributed by atoms with Crippen LogP contribution in [0.2, 0.25) is 0 Å². The molecule has 0 saturated carbocycles. The third-order valence-electron chi connectivity index (χ3n) is 1.00. The van der Waals surface area contributed by atoms with Gasteiger partial charge in [0.15, 0.2) is 0 Å². The smallest absolute Gasteiger partial charge is 0.123 e. The van der Waals surface area contributed by atoms with E-state index in [1.54, 1.807) is 11.9 Å². The monoisotopic (exact) mass is 124 g/mol. The molecule has 0 fully saturated rings. The van der Waals surface area contributed by atoms with Gasteiger partial charge >= 0.3 is 0 Å². The summed E-state index contributed by atoms with van der Waals surface area (Å²) in [4.78, 5) is 19.5. The summed E-state index contributed by atoms with van der Waals surface area (Å²) in [5.74, 6) is 3.34. The summed E-state index contributed by atoms with van der Waals surface area (Å²) >= 11 is 0. The van der Waals surface area contributed by atoms with Crippen molar-refractivity contribution < 1.29 is 9.59 Å². The van der Waals surface area contributed by atoms with Crippen molar-refractivity contribution in [3.63, 3.8) is 0 Å². The van der Waals surface area contributed by atoms with Crippen LogP contribution >= 0.6 is 0 Å². The Hall–Kier alpha value is -1.10. The molecule has 0 aromatic heterocycles. The highest BCUT2D eigenvalue weighted by Crippen LogP contribution is 1.99. The van der Waals surface area contributed by atoms with Gasteiger partial charge < -0.3 is 0 Å². The molecule has 0 atom stereocenters. The summed E-state index contributed by atoms with van der Waals surface area (Å²) in [6.07, 6.45) is 2.33. The zero-order valence-electron chi connectivity index (χ0n) is 5.31. The zero-order chi connectivity index (χ0) is 7.11. The van der Waals surface area contributed by atoms with E-state index in [4.69, 9.17) is 0 Å². The summed E-state index contributed by atoms with van der Waals surface area (Å²) < 4.78 is 0. The van der Waals surface area contributed by atoms with Crippen LogP contribution in [0.25, 0.3) is 0 Å². The highest BCUT2D eigenvalue weighted by Gasteiger charge is 1.88. The van der Waals surface area contributed by atoms with Gasteiger partial charge in [0.25, 0.3) is 0 Å². The summed E-state index contributed by atoms with van der Waals surface area (Å²) in [6.45, 7) is 1.85. The first-order chi connectivity index (χ1) is 4.35. The third-order valence-corrected chi connectivity index (χ3v) is 1.00. The normalized spacial score (nSPS) is 7.22. The lowest BCUT2D eigenvalue weighted by molar-refractivity contribution is 0.565. The van der Waals surface area contributed by atoms with Crippen LogP contribution in [-0.4, -0.2) is 11.9 Å². The molecule has 0 heterocycles. The maximum Gasteiger partial charge on any atom is 0.123 e. The van der Waals surface area contributed by atoms with Crippen LogP contribution < -0.4 is 0 Å². The van der Waals surface area contributed by atoms with E-state index in [0.29, 0.717) is 18.4 Å². The maximum absolute atomic E-state index is 9.93. The molecule has 0 amide bonds. The number of allylic oxidation sites excluding steroid dienone is 2. The van der Waals surface area contributed by atoms with Gasteiger partial charge in [-0.1, -0.05) is 6.92 Å². The molecule has 0 spiro atoms. The van der Waals surface area contributed by atoms with Gasteiger partial charge in [-0.3, -0.25) is 0 Å². The Bertz CT molecular complexity index is 169. The molecule has 0 aromatic rings. The highest BCUT2D eigenvalue weighted by atomic mass is 16.1. The van der Waals surface area contributed by atoms with Crippen molar-refractivity contribution in [3.05, 3.63) is 11.6 Å². The van der Waals surface area contributed by atoms with Crippen molar-refractivity contribution in [1.82, 2.24) is 0 Å². The minimum Gasteiger partial charge on any atom is -0.234 e. The SMILES string of the molecule is CCC(=C=O)CC=C=O. The molecule has 48 valence electrons. The van der Waals surface area contributed by atoms with Gasteiger partial charge in [0, 0.05) is 18.1 Å². The Kier molecular flexibility index (Phi) is 4.43. The van der Waals surface area contributed by atoms with Crippen molar-refractivity contribution in [2.45, 2.75) is 19.8 Å². The molecule has 2 nitrogen and oxygen atoms in total. The minimum absolute atomic E-state index is 0.392. The van der Waals surface area contributed by atoms with Gasteiger partial charge in [0.2, 0.25) is 0 Å². The molecule has 0 rings (SSSR count). The van der Waals surface area contributed by atoms with E-state index in [0.717, 1.165) is 0 Å². The fraction of sp³-hybridized carbons (Fsp3) is 0.429. The Balaban J connectivity index is 3.86. The fourth-order valence-corrected chi connectivity index (χ4v) is 0.423. The van der Waals surface area contributed by atoms with Gasteiger partial charge in [0.05, 0.1) is 0 Å². The van der Waals surface area contributed by atoms with Crippen molar-refractivity contribution >= 4 is 11.9 Å². The fourth-order valence-electron chi connectivity index (χ4n) is 0.423. The Morgan fingerprint density at radius 2 is 2.22 bits per heavy atom. The van der Waals surface area contributed by atoms with Crippen LogP contribution in [0, 0.1) is 0 Å². The van der Waals surface area contributed by atoms with Crippen molar-refractivity contribution in [2.24, 2.45) is 0 Å². The first kappa shape index (κ1) is 7.90. The summed E-state index contributed by atoms with van der Waals surface area (Å²) in [7, 11) is 0. The third kappa shape index (κ3) is 3.48. The molecular weight excluding hydrogens is 116 g/mol.